The number of anilines is 1. The average molecular weight is 367 g/mol. The number of rotatable bonds is 3. The molecule has 0 radical (unpaired) electrons. The Balaban J connectivity index is 1.77. The highest BCUT2D eigenvalue weighted by molar-refractivity contribution is 6.33. The highest BCUT2D eigenvalue weighted by Gasteiger charge is 2.18. The summed E-state index contributed by atoms with van der Waals surface area (Å²) >= 11 is 6.27. The number of nitrogens with one attached hydrogen (secondary N) is 1. The van der Waals surface area contributed by atoms with Crippen LogP contribution >= 0.6 is 11.6 Å². The summed E-state index contributed by atoms with van der Waals surface area (Å²) in [5, 5.41) is 7.37. The number of hydrogen-bond donors (Lipinski definition) is 1. The number of carbonyl (C=O) groups excluding carboxylic acids is 1. The monoisotopic (exact) mass is 366 g/mol. The van der Waals surface area contributed by atoms with E-state index in [9.17, 15) is 9.18 Å². The molecule has 5 nitrogen and oxygen atoms in total. The summed E-state index contributed by atoms with van der Waals surface area (Å²) in [7, 11) is 0. The van der Waals surface area contributed by atoms with Gasteiger partial charge in [0.25, 0.3) is 5.91 Å². The maximum atomic E-state index is 13.8. The van der Waals surface area contributed by atoms with Gasteiger partial charge in [0, 0.05) is 16.8 Å². The molecule has 0 bridgehead atoms. The molecule has 1 N–H and O–H groups in total. The Hall–Kier alpha value is -3.25. The maximum Gasteiger partial charge on any atom is 0.261 e. The van der Waals surface area contributed by atoms with Gasteiger partial charge in [0.2, 0.25) is 0 Å². The van der Waals surface area contributed by atoms with Crippen LogP contribution in [0.1, 0.15) is 10.4 Å². The SMILES string of the molecule is O=C(Nc1ccccc1F)c1cnn2c(-c3ccccc3Cl)ccnc12. The molecule has 0 spiro atoms. The molecule has 2 aromatic heterocycles. The number of hydrogen-bond acceptors (Lipinski definition) is 3. The molecule has 7 heteroatoms. The van der Waals surface area contributed by atoms with Crippen molar-refractivity contribution in [1.29, 1.82) is 0 Å². The predicted octanol–water partition coefficient (Wildman–Crippen LogP) is 4.44. The fraction of sp³-hybridized carbons (Fsp3) is 0. The van der Waals surface area contributed by atoms with Crippen LogP contribution in [0.4, 0.5) is 10.1 Å². The minimum absolute atomic E-state index is 0.0964. The Labute approximate surface area is 153 Å². The van der Waals surface area contributed by atoms with Gasteiger partial charge in [-0.25, -0.2) is 13.9 Å². The van der Waals surface area contributed by atoms with Crippen LogP contribution in [0.3, 0.4) is 0 Å². The molecule has 2 aromatic carbocycles. The maximum absolute atomic E-state index is 13.8. The molecule has 4 rings (SSSR count). The molecule has 0 fully saturated rings. The van der Waals surface area contributed by atoms with Crippen molar-refractivity contribution in [2.24, 2.45) is 0 Å². The van der Waals surface area contributed by atoms with Crippen LogP contribution < -0.4 is 5.32 Å². The standard InChI is InChI=1S/C19H12ClFN4O/c20-14-6-2-1-5-12(14)17-9-10-22-18-13(11-23-25(17)18)19(26)24-16-8-4-3-7-15(16)21/h1-11H,(H,24,26). The molecule has 0 saturated carbocycles. The highest BCUT2D eigenvalue weighted by atomic mass is 35.5. The molecular weight excluding hydrogens is 355 g/mol. The quantitative estimate of drug-likeness (QED) is 0.583. The molecule has 0 aliphatic heterocycles. The molecule has 0 aliphatic carbocycles. The fourth-order valence-corrected chi connectivity index (χ4v) is 2.91. The van der Waals surface area contributed by atoms with Crippen molar-refractivity contribution in [3.05, 3.63) is 83.4 Å². The van der Waals surface area contributed by atoms with Crippen LogP contribution in [-0.4, -0.2) is 20.5 Å². The van der Waals surface area contributed by atoms with E-state index in [1.807, 2.05) is 18.2 Å². The van der Waals surface area contributed by atoms with E-state index in [4.69, 9.17) is 11.6 Å². The lowest BCUT2D eigenvalue weighted by molar-refractivity contribution is 0.102. The fourth-order valence-electron chi connectivity index (χ4n) is 2.68. The van der Waals surface area contributed by atoms with Gasteiger partial charge < -0.3 is 5.32 Å². The van der Waals surface area contributed by atoms with Gasteiger partial charge in [-0.15, -0.1) is 0 Å². The molecule has 1 amide bonds. The first-order chi connectivity index (χ1) is 12.6. The summed E-state index contributed by atoms with van der Waals surface area (Å²) in [6.07, 6.45) is 2.98. The lowest BCUT2D eigenvalue weighted by Crippen LogP contribution is -2.13. The second-order valence-electron chi connectivity index (χ2n) is 5.54. The third kappa shape index (κ3) is 2.80. The number of para-hydroxylation sites is 1. The van der Waals surface area contributed by atoms with Crippen molar-refractivity contribution in [1.82, 2.24) is 14.6 Å². The number of carbonyl (C=O) groups is 1. The Morgan fingerprint density at radius 2 is 1.85 bits per heavy atom. The molecule has 0 atom stereocenters. The van der Waals surface area contributed by atoms with Crippen LogP contribution in [0.5, 0.6) is 0 Å². The summed E-state index contributed by atoms with van der Waals surface area (Å²) in [6.45, 7) is 0. The number of benzene rings is 2. The van der Waals surface area contributed by atoms with E-state index in [2.05, 4.69) is 15.4 Å². The van der Waals surface area contributed by atoms with E-state index in [1.165, 1.54) is 22.8 Å². The molecule has 0 saturated heterocycles. The van der Waals surface area contributed by atoms with Crippen molar-refractivity contribution in [3.8, 4) is 11.3 Å². The van der Waals surface area contributed by atoms with Crippen molar-refractivity contribution in [2.75, 3.05) is 5.32 Å². The zero-order chi connectivity index (χ0) is 18.1. The smallest absolute Gasteiger partial charge is 0.261 e. The summed E-state index contributed by atoms with van der Waals surface area (Å²) in [5.74, 6) is -1.00. The second-order valence-corrected chi connectivity index (χ2v) is 5.94. The van der Waals surface area contributed by atoms with E-state index in [1.54, 1.807) is 30.5 Å². The average Bonchev–Trinajstić information content (AvgIpc) is 3.08. The number of halogens is 2. The first kappa shape index (κ1) is 16.2. The number of amides is 1. The molecule has 0 unspecified atom stereocenters. The summed E-state index contributed by atoms with van der Waals surface area (Å²) in [5.41, 5.74) is 2.16. The molecule has 4 aromatic rings. The largest absolute Gasteiger partial charge is 0.319 e. The predicted molar refractivity (Wildman–Crippen MR) is 97.8 cm³/mol. The van der Waals surface area contributed by atoms with Crippen molar-refractivity contribution < 1.29 is 9.18 Å². The minimum atomic E-state index is -0.512. The third-order valence-corrected chi connectivity index (χ3v) is 4.25. The van der Waals surface area contributed by atoms with Crippen molar-refractivity contribution in [2.45, 2.75) is 0 Å². The van der Waals surface area contributed by atoms with E-state index >= 15 is 0 Å². The van der Waals surface area contributed by atoms with Crippen LogP contribution in [0.2, 0.25) is 5.02 Å². The summed E-state index contributed by atoms with van der Waals surface area (Å²) < 4.78 is 15.3. The summed E-state index contributed by atoms with van der Waals surface area (Å²) in [4.78, 5) is 16.8. The van der Waals surface area contributed by atoms with E-state index < -0.39 is 11.7 Å². The lowest BCUT2D eigenvalue weighted by Gasteiger charge is -2.07. The molecular formula is C19H12ClFN4O. The second kappa shape index (κ2) is 6.57. The Kier molecular flexibility index (Phi) is 4.10. The van der Waals surface area contributed by atoms with Gasteiger partial charge in [-0.2, -0.15) is 5.10 Å². The van der Waals surface area contributed by atoms with E-state index in [0.717, 1.165) is 5.56 Å². The van der Waals surface area contributed by atoms with Crippen molar-refractivity contribution in [3.63, 3.8) is 0 Å². The van der Waals surface area contributed by atoms with Gasteiger partial charge in [0.1, 0.15) is 11.4 Å². The summed E-state index contributed by atoms with van der Waals surface area (Å²) in [6, 6.07) is 15.1. The zero-order valence-electron chi connectivity index (χ0n) is 13.4. The molecule has 128 valence electrons. The molecule has 26 heavy (non-hydrogen) atoms. The van der Waals surface area contributed by atoms with Gasteiger partial charge in [-0.05, 0) is 24.3 Å². The van der Waals surface area contributed by atoms with Gasteiger partial charge in [0.05, 0.1) is 17.6 Å². The first-order valence-electron chi connectivity index (χ1n) is 7.78. The molecule has 2 heterocycles. The number of fused-ring (bicyclic) bond motifs is 1. The van der Waals surface area contributed by atoms with Crippen LogP contribution in [-0.2, 0) is 0 Å². The number of aromatic nitrogens is 3. The minimum Gasteiger partial charge on any atom is -0.319 e. The van der Waals surface area contributed by atoms with Gasteiger partial charge in [-0.1, -0.05) is 41.9 Å². The Morgan fingerprint density at radius 3 is 2.65 bits per heavy atom. The van der Waals surface area contributed by atoms with E-state index in [0.29, 0.717) is 16.4 Å². The normalized spacial score (nSPS) is 10.8. The topological polar surface area (TPSA) is 59.3 Å². The zero-order valence-corrected chi connectivity index (χ0v) is 14.1. The van der Waals surface area contributed by atoms with Crippen LogP contribution in [0, 0.1) is 5.82 Å². The highest BCUT2D eigenvalue weighted by Crippen LogP contribution is 2.28. The Morgan fingerprint density at radius 1 is 1.08 bits per heavy atom. The van der Waals surface area contributed by atoms with E-state index in [-0.39, 0.29) is 11.3 Å². The van der Waals surface area contributed by atoms with Crippen molar-refractivity contribution >= 4 is 28.8 Å². The van der Waals surface area contributed by atoms with Crippen LogP contribution in [0.25, 0.3) is 16.9 Å². The van der Waals surface area contributed by atoms with Gasteiger partial charge in [-0.3, -0.25) is 4.79 Å². The van der Waals surface area contributed by atoms with Gasteiger partial charge >= 0.3 is 0 Å². The molecule has 0 aliphatic rings. The lowest BCUT2D eigenvalue weighted by atomic mass is 10.1. The number of nitrogens with zero attached hydrogens (tertiary/aromatic N) is 3. The van der Waals surface area contributed by atoms with Crippen LogP contribution in [0.15, 0.2) is 67.0 Å². The first-order valence-corrected chi connectivity index (χ1v) is 8.16. The Bertz CT molecular complexity index is 1130. The third-order valence-electron chi connectivity index (χ3n) is 3.92. The van der Waals surface area contributed by atoms with Gasteiger partial charge in [0.15, 0.2) is 5.65 Å².